The lowest BCUT2D eigenvalue weighted by Gasteiger charge is -2.02. The lowest BCUT2D eigenvalue weighted by Crippen LogP contribution is -2.45. The average Bonchev–Trinajstić information content (AvgIpc) is 2.28. The highest BCUT2D eigenvalue weighted by atomic mass is 16.7. The zero-order valence-electron chi connectivity index (χ0n) is 5.72. The number of fused-ring (bicyclic) bond motifs is 1. The number of anilines is 1. The maximum atomic E-state index is 5.06. The third kappa shape index (κ3) is 1.25. The first kappa shape index (κ1) is 6.41. The Morgan fingerprint density at radius 3 is 3.00 bits per heavy atom. The van der Waals surface area contributed by atoms with E-state index in [0.29, 0.717) is 0 Å². The summed E-state index contributed by atoms with van der Waals surface area (Å²) in [7, 11) is 0. The molecule has 0 fully saturated rings. The summed E-state index contributed by atoms with van der Waals surface area (Å²) in [5.41, 5.74) is 11.5. The van der Waals surface area contributed by atoms with Gasteiger partial charge in [0.05, 0.1) is 5.69 Å². The molecule has 58 valence electrons. The lowest BCUT2D eigenvalue weighted by molar-refractivity contribution is 0.142. The van der Waals surface area contributed by atoms with Crippen LogP contribution >= 0.6 is 0 Å². The van der Waals surface area contributed by atoms with Crippen molar-refractivity contribution in [3.8, 4) is 5.75 Å². The van der Waals surface area contributed by atoms with Gasteiger partial charge in [0.1, 0.15) is 0 Å². The number of rotatable bonds is 0. The molecule has 0 bridgehead atoms. The van der Waals surface area contributed by atoms with Crippen LogP contribution in [0.2, 0.25) is 0 Å². The first-order chi connectivity index (χ1) is 5.47. The highest BCUT2D eigenvalue weighted by Gasteiger charge is 2.04. The van der Waals surface area contributed by atoms with E-state index < -0.39 is 0 Å². The van der Waals surface area contributed by atoms with E-state index in [-0.39, 0.29) is 0 Å². The fourth-order valence-electron chi connectivity index (χ4n) is 0.864. The SMILES string of the molecule is c1ccc2c(c1)NNNNO2. The van der Waals surface area contributed by atoms with E-state index in [2.05, 4.69) is 22.1 Å². The normalized spacial score (nSPS) is 15.6. The topological polar surface area (TPSA) is 57.3 Å². The maximum absolute atomic E-state index is 5.06. The first-order valence-electron chi connectivity index (χ1n) is 3.24. The van der Waals surface area contributed by atoms with Gasteiger partial charge in [-0.3, -0.25) is 0 Å². The van der Waals surface area contributed by atoms with Crippen molar-refractivity contribution in [1.82, 2.24) is 16.7 Å². The molecular weight excluding hydrogens is 144 g/mol. The minimum absolute atomic E-state index is 0.741. The predicted octanol–water partition coefficient (Wildman–Crippen LogP) is -0.0803. The van der Waals surface area contributed by atoms with Crippen molar-refractivity contribution < 1.29 is 4.84 Å². The van der Waals surface area contributed by atoms with Crippen LogP contribution < -0.4 is 26.9 Å². The smallest absolute Gasteiger partial charge is 0.173 e. The third-order valence-electron chi connectivity index (χ3n) is 1.36. The van der Waals surface area contributed by atoms with Crippen LogP contribution in [-0.2, 0) is 0 Å². The molecule has 0 aromatic heterocycles. The van der Waals surface area contributed by atoms with Crippen LogP contribution in [0.4, 0.5) is 5.69 Å². The lowest BCUT2D eigenvalue weighted by atomic mass is 10.3. The minimum Gasteiger partial charge on any atom is -0.390 e. The summed E-state index contributed by atoms with van der Waals surface area (Å²) in [5, 5.41) is 0. The molecule has 0 spiro atoms. The summed E-state index contributed by atoms with van der Waals surface area (Å²) < 4.78 is 0. The Hall–Kier alpha value is -1.30. The molecule has 0 unspecified atom stereocenters. The van der Waals surface area contributed by atoms with Crippen LogP contribution in [0.1, 0.15) is 0 Å². The quantitative estimate of drug-likeness (QED) is 0.419. The molecule has 1 aromatic rings. The molecule has 0 aliphatic carbocycles. The van der Waals surface area contributed by atoms with Crippen molar-refractivity contribution in [2.75, 3.05) is 5.43 Å². The van der Waals surface area contributed by atoms with Gasteiger partial charge < -0.3 is 10.3 Å². The molecule has 1 aromatic carbocycles. The fourth-order valence-corrected chi connectivity index (χ4v) is 0.864. The molecule has 5 heteroatoms. The molecule has 1 aliphatic rings. The van der Waals surface area contributed by atoms with E-state index in [4.69, 9.17) is 4.84 Å². The Labute approximate surface area is 63.6 Å². The summed E-state index contributed by atoms with van der Waals surface area (Å²) in [4.78, 5) is 5.06. The summed E-state index contributed by atoms with van der Waals surface area (Å²) in [6.07, 6.45) is 0. The highest BCUT2D eigenvalue weighted by molar-refractivity contribution is 5.55. The van der Waals surface area contributed by atoms with Crippen molar-refractivity contribution in [3.63, 3.8) is 0 Å². The van der Waals surface area contributed by atoms with Crippen LogP contribution in [-0.4, -0.2) is 0 Å². The van der Waals surface area contributed by atoms with Crippen molar-refractivity contribution in [2.45, 2.75) is 0 Å². The molecule has 11 heavy (non-hydrogen) atoms. The second-order valence-electron chi connectivity index (χ2n) is 2.08. The van der Waals surface area contributed by atoms with Crippen molar-refractivity contribution in [3.05, 3.63) is 24.3 Å². The third-order valence-corrected chi connectivity index (χ3v) is 1.36. The number of hydrogen-bond acceptors (Lipinski definition) is 5. The van der Waals surface area contributed by atoms with Crippen LogP contribution in [0.5, 0.6) is 5.75 Å². The van der Waals surface area contributed by atoms with Gasteiger partial charge in [0, 0.05) is 0 Å². The highest BCUT2D eigenvalue weighted by Crippen LogP contribution is 2.21. The second-order valence-corrected chi connectivity index (χ2v) is 2.08. The van der Waals surface area contributed by atoms with Crippen LogP contribution in [0.3, 0.4) is 0 Å². The van der Waals surface area contributed by atoms with E-state index in [1.807, 2.05) is 24.3 Å². The van der Waals surface area contributed by atoms with Gasteiger partial charge in [0.25, 0.3) is 0 Å². The van der Waals surface area contributed by atoms with Gasteiger partial charge in [0.15, 0.2) is 5.75 Å². The molecule has 2 rings (SSSR count). The number of nitrogens with one attached hydrogen (secondary N) is 4. The van der Waals surface area contributed by atoms with Gasteiger partial charge in [-0.1, -0.05) is 17.7 Å². The molecule has 0 amide bonds. The minimum atomic E-state index is 0.741. The molecule has 5 nitrogen and oxygen atoms in total. The number of hydrazine groups is 3. The number of benzene rings is 1. The Balaban J connectivity index is 2.33. The molecule has 0 atom stereocenters. The van der Waals surface area contributed by atoms with Gasteiger partial charge in [-0.2, -0.15) is 5.53 Å². The zero-order valence-corrected chi connectivity index (χ0v) is 5.72. The molecule has 1 heterocycles. The predicted molar refractivity (Wildman–Crippen MR) is 40.1 cm³/mol. The maximum Gasteiger partial charge on any atom is 0.173 e. The Kier molecular flexibility index (Phi) is 1.60. The Bertz CT molecular complexity index is 227. The molecular formula is C6H8N4O. The summed E-state index contributed by atoms with van der Waals surface area (Å²) >= 11 is 0. The summed E-state index contributed by atoms with van der Waals surface area (Å²) in [6.45, 7) is 0. The first-order valence-corrected chi connectivity index (χ1v) is 3.24. The van der Waals surface area contributed by atoms with Crippen LogP contribution in [0, 0.1) is 0 Å². The molecule has 0 saturated heterocycles. The van der Waals surface area contributed by atoms with Gasteiger partial charge in [-0.25, -0.2) is 0 Å². The second kappa shape index (κ2) is 2.75. The van der Waals surface area contributed by atoms with Crippen molar-refractivity contribution >= 4 is 5.69 Å². The van der Waals surface area contributed by atoms with Crippen LogP contribution in [0.25, 0.3) is 0 Å². The number of hydrogen-bond donors (Lipinski definition) is 4. The zero-order chi connectivity index (χ0) is 7.52. The van der Waals surface area contributed by atoms with Crippen molar-refractivity contribution in [2.24, 2.45) is 0 Å². The van der Waals surface area contributed by atoms with E-state index in [1.54, 1.807) is 0 Å². The van der Waals surface area contributed by atoms with Crippen LogP contribution in [0.15, 0.2) is 24.3 Å². The van der Waals surface area contributed by atoms with Gasteiger partial charge in [-0.05, 0) is 12.1 Å². The largest absolute Gasteiger partial charge is 0.390 e. The molecule has 4 N–H and O–H groups in total. The summed E-state index contributed by atoms with van der Waals surface area (Å²) in [6, 6.07) is 7.57. The standard InChI is InChI=1S/C6H8N4O/c1-2-4-6-5(3-1)7-8-9-10-11-6/h1-4,7-10H. The average molecular weight is 152 g/mol. The van der Waals surface area contributed by atoms with Gasteiger partial charge in [0.2, 0.25) is 0 Å². The summed E-state index contributed by atoms with van der Waals surface area (Å²) in [5.74, 6) is 0.741. The van der Waals surface area contributed by atoms with Gasteiger partial charge >= 0.3 is 0 Å². The molecule has 0 saturated carbocycles. The Morgan fingerprint density at radius 1 is 1.09 bits per heavy atom. The van der Waals surface area contributed by atoms with E-state index >= 15 is 0 Å². The van der Waals surface area contributed by atoms with E-state index in [1.165, 1.54) is 0 Å². The Morgan fingerprint density at radius 2 is 2.00 bits per heavy atom. The fraction of sp³-hybridized carbons (Fsp3) is 0. The van der Waals surface area contributed by atoms with Gasteiger partial charge in [-0.15, -0.1) is 5.53 Å². The molecule has 1 aliphatic heterocycles. The molecule has 0 radical (unpaired) electrons. The van der Waals surface area contributed by atoms with Crippen molar-refractivity contribution in [1.29, 1.82) is 0 Å². The van der Waals surface area contributed by atoms with E-state index in [0.717, 1.165) is 11.4 Å². The van der Waals surface area contributed by atoms with E-state index in [9.17, 15) is 0 Å². The monoisotopic (exact) mass is 152 g/mol. The number of para-hydroxylation sites is 2.